The van der Waals surface area contributed by atoms with Crippen molar-refractivity contribution in [2.75, 3.05) is 6.61 Å². The zero-order valence-electron chi connectivity index (χ0n) is 26.8. The average molecular weight is 633 g/mol. The van der Waals surface area contributed by atoms with Gasteiger partial charge in [0.05, 0.1) is 24.9 Å². The molecule has 0 unspecified atom stereocenters. The van der Waals surface area contributed by atoms with Crippen molar-refractivity contribution in [1.82, 2.24) is 0 Å². The third-order valence-corrected chi connectivity index (χ3v) is 11.3. The minimum atomic E-state index is -2.33. The highest BCUT2D eigenvalue weighted by atomic mass is 16.9. The lowest BCUT2D eigenvalue weighted by molar-refractivity contribution is -0.408. The van der Waals surface area contributed by atoms with Crippen LogP contribution in [0.4, 0.5) is 0 Å². The summed E-state index contributed by atoms with van der Waals surface area (Å²) in [5.41, 5.74) is -4.65. The van der Waals surface area contributed by atoms with Crippen molar-refractivity contribution >= 4 is 5.78 Å². The largest absolute Gasteiger partial charge is 0.393 e. The molecule has 1 aromatic carbocycles. The molecule has 3 aliphatic carbocycles. The molecule has 6 aliphatic rings. The fourth-order valence-corrected chi connectivity index (χ4v) is 9.11. The van der Waals surface area contributed by atoms with E-state index in [4.69, 9.17) is 23.7 Å². The normalized spacial score (nSPS) is 46.9. The number of unbranched alkanes of at least 4 members (excludes halogenated alkanes) is 1. The second-order valence-electron chi connectivity index (χ2n) is 13.8. The summed E-state index contributed by atoms with van der Waals surface area (Å²) in [5.74, 6) is -4.61. The van der Waals surface area contributed by atoms with Crippen LogP contribution < -0.4 is 0 Å². The monoisotopic (exact) mass is 632 g/mol. The maximum atomic E-state index is 13.8. The third-order valence-electron chi connectivity index (χ3n) is 11.3. The molecule has 0 spiro atoms. The highest BCUT2D eigenvalue weighted by Crippen LogP contribution is 2.73. The maximum Gasteiger partial charge on any atom is 0.306 e. The number of benzene rings is 1. The number of carbonyl (C=O) groups excluding carboxylic acids is 1. The number of aliphatic hydroxyl groups excluding tert-OH is 2. The van der Waals surface area contributed by atoms with Gasteiger partial charge in [-0.3, -0.25) is 4.79 Å². The number of allylic oxidation sites excluding steroid dienone is 5. The highest BCUT2D eigenvalue weighted by Gasteiger charge is 2.90. The van der Waals surface area contributed by atoms with E-state index in [-0.39, 0.29) is 6.61 Å². The first-order valence-corrected chi connectivity index (χ1v) is 16.3. The van der Waals surface area contributed by atoms with E-state index in [2.05, 4.69) is 19.6 Å². The van der Waals surface area contributed by atoms with Gasteiger partial charge in [0, 0.05) is 23.8 Å². The lowest BCUT2D eigenvalue weighted by Crippen LogP contribution is -2.76. The van der Waals surface area contributed by atoms with E-state index in [1.165, 1.54) is 0 Å². The number of Topliss-reactive ketones (excluding diaryl/α,β-unsaturated/α-hetero) is 1. The quantitative estimate of drug-likeness (QED) is 0.200. The molecule has 9 nitrogen and oxygen atoms in total. The molecular formula is C37H44O9. The number of hydrogen-bond donors (Lipinski definition) is 3. The van der Waals surface area contributed by atoms with Gasteiger partial charge in [-0.05, 0) is 37.0 Å². The lowest BCUT2D eigenvalue weighted by Gasteiger charge is -2.61. The van der Waals surface area contributed by atoms with E-state index in [0.717, 1.165) is 18.4 Å². The van der Waals surface area contributed by atoms with Crippen LogP contribution in [0.3, 0.4) is 0 Å². The maximum absolute atomic E-state index is 13.8. The number of aliphatic hydroxyl groups is 3. The van der Waals surface area contributed by atoms with Gasteiger partial charge in [-0.15, -0.1) is 0 Å². The number of epoxide rings is 1. The molecule has 7 rings (SSSR count). The van der Waals surface area contributed by atoms with Gasteiger partial charge >= 0.3 is 5.97 Å². The molecule has 0 radical (unpaired) electrons. The van der Waals surface area contributed by atoms with Crippen LogP contribution in [0.5, 0.6) is 0 Å². The predicted octanol–water partition coefficient (Wildman–Crippen LogP) is 3.84. The molecule has 2 saturated carbocycles. The van der Waals surface area contributed by atoms with Gasteiger partial charge in [0.25, 0.3) is 0 Å². The number of ketones is 1. The van der Waals surface area contributed by atoms with Gasteiger partial charge in [-0.2, -0.15) is 0 Å². The van der Waals surface area contributed by atoms with Crippen molar-refractivity contribution < 1.29 is 43.8 Å². The van der Waals surface area contributed by atoms with E-state index in [1.54, 1.807) is 25.2 Å². The van der Waals surface area contributed by atoms with Crippen LogP contribution in [-0.4, -0.2) is 80.5 Å². The van der Waals surface area contributed by atoms with Gasteiger partial charge in [0.2, 0.25) is 0 Å². The number of carbonyl (C=O) groups is 1. The molecule has 5 fully saturated rings. The number of fused-ring (bicyclic) bond motifs is 3. The topological polar surface area (TPSA) is 127 Å². The Balaban J connectivity index is 1.41. The van der Waals surface area contributed by atoms with Gasteiger partial charge in [0.1, 0.15) is 29.5 Å². The molecule has 3 N–H and O–H groups in total. The summed E-state index contributed by atoms with van der Waals surface area (Å²) in [6.45, 7) is 11.6. The average Bonchev–Trinajstić information content (AvgIpc) is 3.67. The zero-order valence-corrected chi connectivity index (χ0v) is 26.8. The standard InChI is InChI=1S/C37H44O9/c1-6-7-8-9-10-11-15-18-34-44-31-27-30-33(21-38,43-30)32(40)35(41)26(19-23(4)28(35)39)37(27,46-34)24(5)29(36(31,45-34)22(2)3)42-20-25-16-13-12-14-17-25/h8-19,24,26-27,29-32,38,40-41H,2,6-7,20-21H2,1,3-5H3/t24-,26-,27+,29-,30+,31-,32-,33+,34-,35-,36+,37+/m1/s1. The molecule has 3 aliphatic heterocycles. The van der Waals surface area contributed by atoms with Gasteiger partial charge in [-0.25, -0.2) is 0 Å². The Morgan fingerprint density at radius 2 is 1.83 bits per heavy atom. The molecule has 246 valence electrons. The summed E-state index contributed by atoms with van der Waals surface area (Å²) in [7, 11) is 0. The van der Waals surface area contributed by atoms with Crippen LogP contribution in [0, 0.1) is 17.8 Å². The Kier molecular flexibility index (Phi) is 7.55. The van der Waals surface area contributed by atoms with Crippen molar-refractivity contribution in [2.24, 2.45) is 17.8 Å². The van der Waals surface area contributed by atoms with Crippen LogP contribution >= 0.6 is 0 Å². The molecule has 0 aromatic heterocycles. The number of ether oxygens (including phenoxy) is 5. The fourth-order valence-electron chi connectivity index (χ4n) is 9.11. The van der Waals surface area contributed by atoms with E-state index >= 15 is 0 Å². The Morgan fingerprint density at radius 1 is 1.09 bits per heavy atom. The van der Waals surface area contributed by atoms with E-state index < -0.39 is 82.9 Å². The minimum absolute atomic E-state index is 0.253. The van der Waals surface area contributed by atoms with Crippen molar-refractivity contribution in [3.63, 3.8) is 0 Å². The molecule has 3 bridgehead atoms. The Labute approximate surface area is 269 Å². The molecule has 3 saturated heterocycles. The smallest absolute Gasteiger partial charge is 0.306 e. The van der Waals surface area contributed by atoms with Crippen LogP contribution in [-0.2, 0) is 35.1 Å². The SMILES string of the molecule is C=C(C)[C@@]12O[C@@]3(C=CC=CC=CCCC)O[C@@H]1[C@@H]1[C@@H]4O[C@]4(CO)[C@@H](O)[C@]4(O)C(=O)C(C)=C[C@H]4[C@@]1(O3)[C@H](C)[C@H]2OCc1ccccc1. The van der Waals surface area contributed by atoms with Crippen molar-refractivity contribution in [3.05, 3.63) is 96.2 Å². The highest BCUT2D eigenvalue weighted by molar-refractivity contribution is 6.05. The second kappa shape index (κ2) is 10.9. The van der Waals surface area contributed by atoms with Crippen molar-refractivity contribution in [3.8, 4) is 0 Å². The molecular weight excluding hydrogens is 588 g/mol. The third kappa shape index (κ3) is 4.00. The van der Waals surface area contributed by atoms with Gasteiger partial charge in [-0.1, -0.05) is 93.6 Å². The number of rotatable bonds is 10. The van der Waals surface area contributed by atoms with Crippen LogP contribution in [0.1, 0.15) is 46.1 Å². The first-order valence-electron chi connectivity index (χ1n) is 16.3. The van der Waals surface area contributed by atoms with Gasteiger partial charge in [0.15, 0.2) is 11.4 Å². The lowest BCUT2D eigenvalue weighted by atomic mass is 9.53. The molecule has 9 heteroatoms. The summed E-state index contributed by atoms with van der Waals surface area (Å²) in [6.07, 6.45) is 11.0. The first-order chi connectivity index (χ1) is 22.0. The van der Waals surface area contributed by atoms with E-state index in [1.807, 2.05) is 62.4 Å². The van der Waals surface area contributed by atoms with E-state index in [0.29, 0.717) is 11.1 Å². The Bertz CT molecular complexity index is 1530. The van der Waals surface area contributed by atoms with Crippen LogP contribution in [0.25, 0.3) is 0 Å². The van der Waals surface area contributed by atoms with Crippen LogP contribution in [0.2, 0.25) is 0 Å². The summed E-state index contributed by atoms with van der Waals surface area (Å²) in [4.78, 5) is 13.8. The predicted molar refractivity (Wildman–Crippen MR) is 168 cm³/mol. The number of hydrogen-bond acceptors (Lipinski definition) is 9. The van der Waals surface area contributed by atoms with Crippen molar-refractivity contribution in [1.29, 1.82) is 0 Å². The first kappa shape index (κ1) is 31.8. The summed E-state index contributed by atoms with van der Waals surface area (Å²) >= 11 is 0. The molecule has 0 amide bonds. The van der Waals surface area contributed by atoms with E-state index in [9.17, 15) is 20.1 Å². The molecule has 3 heterocycles. The Morgan fingerprint density at radius 3 is 2.52 bits per heavy atom. The summed E-state index contributed by atoms with van der Waals surface area (Å²) in [5, 5.41) is 34.9. The summed E-state index contributed by atoms with van der Waals surface area (Å²) in [6, 6.07) is 9.78. The summed E-state index contributed by atoms with van der Waals surface area (Å²) < 4.78 is 33.9. The van der Waals surface area contributed by atoms with Crippen LogP contribution in [0.15, 0.2) is 90.6 Å². The van der Waals surface area contributed by atoms with Crippen molar-refractivity contribution in [2.45, 2.75) is 99.9 Å². The molecule has 46 heavy (non-hydrogen) atoms. The Hall–Kier alpha value is -2.73. The second-order valence-corrected chi connectivity index (χ2v) is 13.8. The molecule has 1 aromatic rings. The fraction of sp³-hybridized carbons (Fsp3) is 0.541. The van der Waals surface area contributed by atoms with Gasteiger partial charge < -0.3 is 39.0 Å². The minimum Gasteiger partial charge on any atom is -0.393 e. The zero-order chi connectivity index (χ0) is 32.7. The molecule has 12 atom stereocenters.